The molecule has 0 atom stereocenters. The van der Waals surface area contributed by atoms with Gasteiger partial charge < -0.3 is 5.32 Å². The molecule has 1 saturated carbocycles. The van der Waals surface area contributed by atoms with Gasteiger partial charge >= 0.3 is 0 Å². The molecule has 0 spiro atoms. The average Bonchev–Trinajstić information content (AvgIpc) is 3.06. The van der Waals surface area contributed by atoms with Crippen molar-refractivity contribution in [3.05, 3.63) is 34.4 Å². The molecule has 1 aliphatic heterocycles. The van der Waals surface area contributed by atoms with Crippen molar-refractivity contribution in [1.82, 2.24) is 29.8 Å². The minimum Gasteiger partial charge on any atom is -0.350 e. The zero-order chi connectivity index (χ0) is 19.7. The summed E-state index contributed by atoms with van der Waals surface area (Å²) in [6.07, 6.45) is 4.34. The zero-order valence-electron chi connectivity index (χ0n) is 17.4. The van der Waals surface area contributed by atoms with Crippen LogP contribution in [0.15, 0.2) is 6.07 Å². The number of nitrogens with one attached hydrogen (secondary N) is 1. The van der Waals surface area contributed by atoms with E-state index in [-0.39, 0.29) is 11.8 Å². The molecule has 28 heavy (non-hydrogen) atoms. The lowest BCUT2D eigenvalue weighted by molar-refractivity contribution is -0.127. The predicted octanol–water partition coefficient (Wildman–Crippen LogP) is 2.54. The maximum atomic E-state index is 12.1. The van der Waals surface area contributed by atoms with E-state index in [9.17, 15) is 4.79 Å². The quantitative estimate of drug-likeness (QED) is 0.831. The van der Waals surface area contributed by atoms with Gasteiger partial charge in [0, 0.05) is 49.9 Å². The number of fused-ring (bicyclic) bond motifs is 1. The summed E-state index contributed by atoms with van der Waals surface area (Å²) in [6.45, 7) is 11.7. The number of hydrogen-bond acceptors (Lipinski definition) is 4. The Kier molecular flexibility index (Phi) is 5.53. The van der Waals surface area contributed by atoms with E-state index >= 15 is 0 Å². The van der Waals surface area contributed by atoms with Gasteiger partial charge in [0.2, 0.25) is 5.91 Å². The van der Waals surface area contributed by atoms with Crippen molar-refractivity contribution in [3.63, 3.8) is 0 Å². The Morgan fingerprint density at radius 1 is 1.21 bits per heavy atom. The summed E-state index contributed by atoms with van der Waals surface area (Å²) in [7, 11) is 0. The molecule has 3 heterocycles. The van der Waals surface area contributed by atoms with Crippen molar-refractivity contribution in [2.45, 2.75) is 79.2 Å². The number of aromatic nitrogens is 4. The molecule has 0 bridgehead atoms. The van der Waals surface area contributed by atoms with Crippen LogP contribution in [0.3, 0.4) is 0 Å². The SMILES string of the molecule is CCn1nc(C)c(CN2CCCn3nc(CNC(=O)C4CCC4)cc3C2)c1C. The molecule has 0 unspecified atom stereocenters. The van der Waals surface area contributed by atoms with Crippen molar-refractivity contribution in [2.75, 3.05) is 6.54 Å². The summed E-state index contributed by atoms with van der Waals surface area (Å²) in [5, 5.41) is 12.5. The molecule has 1 N–H and O–H groups in total. The van der Waals surface area contributed by atoms with Gasteiger partial charge in [0.05, 0.1) is 23.6 Å². The fourth-order valence-electron chi connectivity index (χ4n) is 4.30. The number of nitrogens with zero attached hydrogens (tertiary/aromatic N) is 5. The molecular weight excluding hydrogens is 352 g/mol. The van der Waals surface area contributed by atoms with Crippen molar-refractivity contribution < 1.29 is 4.79 Å². The Hall–Kier alpha value is -2.15. The molecule has 0 saturated heterocycles. The molecule has 1 aliphatic carbocycles. The highest BCUT2D eigenvalue weighted by atomic mass is 16.1. The van der Waals surface area contributed by atoms with Crippen LogP contribution in [0.25, 0.3) is 0 Å². The number of aryl methyl sites for hydroxylation is 3. The van der Waals surface area contributed by atoms with Gasteiger partial charge in [0.15, 0.2) is 0 Å². The van der Waals surface area contributed by atoms with Gasteiger partial charge in [0.1, 0.15) is 0 Å². The number of hydrogen-bond donors (Lipinski definition) is 1. The van der Waals surface area contributed by atoms with Crippen molar-refractivity contribution in [2.24, 2.45) is 5.92 Å². The highest BCUT2D eigenvalue weighted by Crippen LogP contribution is 2.26. The Bertz CT molecular complexity index is 847. The lowest BCUT2D eigenvalue weighted by Crippen LogP contribution is -2.34. The fraction of sp³-hybridized carbons (Fsp3) is 0.667. The van der Waals surface area contributed by atoms with Crippen LogP contribution in [-0.4, -0.2) is 36.9 Å². The van der Waals surface area contributed by atoms with Gasteiger partial charge in [-0.3, -0.25) is 19.1 Å². The highest BCUT2D eigenvalue weighted by Gasteiger charge is 2.25. The van der Waals surface area contributed by atoms with E-state index in [1.165, 1.54) is 23.4 Å². The van der Waals surface area contributed by atoms with E-state index in [1.54, 1.807) is 0 Å². The molecule has 7 nitrogen and oxygen atoms in total. The van der Waals surface area contributed by atoms with E-state index in [2.05, 4.69) is 51.5 Å². The van der Waals surface area contributed by atoms with Gasteiger partial charge in [-0.15, -0.1) is 0 Å². The van der Waals surface area contributed by atoms with Crippen LogP contribution in [0.2, 0.25) is 0 Å². The Labute approximate surface area is 167 Å². The lowest BCUT2D eigenvalue weighted by atomic mass is 9.85. The molecular formula is C21H32N6O. The van der Waals surface area contributed by atoms with Crippen LogP contribution < -0.4 is 5.32 Å². The summed E-state index contributed by atoms with van der Waals surface area (Å²) in [6, 6.07) is 2.16. The third kappa shape index (κ3) is 3.85. The summed E-state index contributed by atoms with van der Waals surface area (Å²) in [5.41, 5.74) is 5.97. The van der Waals surface area contributed by atoms with Crippen molar-refractivity contribution in [3.8, 4) is 0 Å². The van der Waals surface area contributed by atoms with Crippen molar-refractivity contribution in [1.29, 1.82) is 0 Å². The first-order chi connectivity index (χ1) is 13.5. The number of rotatable bonds is 6. The predicted molar refractivity (Wildman–Crippen MR) is 108 cm³/mol. The van der Waals surface area contributed by atoms with E-state index < -0.39 is 0 Å². The van der Waals surface area contributed by atoms with Crippen LogP contribution in [0.1, 0.15) is 60.9 Å². The van der Waals surface area contributed by atoms with E-state index in [4.69, 9.17) is 5.10 Å². The number of carbonyl (C=O) groups excluding carboxylic acids is 1. The first-order valence-corrected chi connectivity index (χ1v) is 10.6. The minimum absolute atomic E-state index is 0.190. The van der Waals surface area contributed by atoms with Crippen LogP contribution in [0.5, 0.6) is 0 Å². The summed E-state index contributed by atoms with van der Waals surface area (Å²) < 4.78 is 4.22. The lowest BCUT2D eigenvalue weighted by Gasteiger charge is -2.23. The van der Waals surface area contributed by atoms with Gasteiger partial charge in [-0.1, -0.05) is 6.42 Å². The molecule has 152 valence electrons. The van der Waals surface area contributed by atoms with Gasteiger partial charge in [-0.25, -0.2) is 0 Å². The Morgan fingerprint density at radius 2 is 2.04 bits per heavy atom. The second-order valence-electron chi connectivity index (χ2n) is 8.23. The van der Waals surface area contributed by atoms with Crippen LogP contribution in [0, 0.1) is 19.8 Å². The standard InChI is InChI=1S/C21H32N6O/c1-4-26-16(3)20(15(2)23-26)14-25-9-6-10-27-19(13-25)11-18(24-27)12-22-21(28)17-7-5-8-17/h11,17H,4-10,12-14H2,1-3H3,(H,22,28). The molecule has 2 aromatic rings. The minimum atomic E-state index is 0.190. The molecule has 1 fully saturated rings. The smallest absolute Gasteiger partial charge is 0.223 e. The molecule has 0 radical (unpaired) electrons. The monoisotopic (exact) mass is 384 g/mol. The first-order valence-electron chi connectivity index (χ1n) is 10.6. The topological polar surface area (TPSA) is 68.0 Å². The van der Waals surface area contributed by atoms with Gasteiger partial charge in [-0.2, -0.15) is 10.2 Å². The third-order valence-electron chi connectivity index (χ3n) is 6.28. The Balaban J connectivity index is 1.41. The zero-order valence-corrected chi connectivity index (χ0v) is 17.4. The van der Waals surface area contributed by atoms with Crippen LogP contribution >= 0.6 is 0 Å². The number of carbonyl (C=O) groups is 1. The fourth-order valence-corrected chi connectivity index (χ4v) is 4.30. The third-order valence-corrected chi connectivity index (χ3v) is 6.28. The maximum Gasteiger partial charge on any atom is 0.223 e. The highest BCUT2D eigenvalue weighted by molar-refractivity contribution is 5.79. The molecule has 7 heteroatoms. The second kappa shape index (κ2) is 8.07. The normalized spacial score (nSPS) is 17.8. The first kappa shape index (κ1) is 19.2. The molecule has 0 aromatic carbocycles. The number of amides is 1. The van der Waals surface area contributed by atoms with Crippen molar-refractivity contribution >= 4 is 5.91 Å². The molecule has 1 amide bonds. The average molecular weight is 385 g/mol. The molecule has 4 rings (SSSR count). The van der Waals surface area contributed by atoms with Gasteiger partial charge in [-0.05, 0) is 46.1 Å². The molecule has 2 aliphatic rings. The largest absolute Gasteiger partial charge is 0.350 e. The van der Waals surface area contributed by atoms with E-state index in [0.717, 1.165) is 63.4 Å². The van der Waals surface area contributed by atoms with E-state index in [1.807, 2.05) is 0 Å². The maximum absolute atomic E-state index is 12.1. The second-order valence-corrected chi connectivity index (χ2v) is 8.23. The van der Waals surface area contributed by atoms with Crippen LogP contribution in [0.4, 0.5) is 0 Å². The summed E-state index contributed by atoms with van der Waals surface area (Å²) in [5.74, 6) is 0.418. The summed E-state index contributed by atoms with van der Waals surface area (Å²) in [4.78, 5) is 14.6. The van der Waals surface area contributed by atoms with E-state index in [0.29, 0.717) is 6.54 Å². The Morgan fingerprint density at radius 3 is 2.71 bits per heavy atom. The molecule has 2 aromatic heterocycles. The summed E-state index contributed by atoms with van der Waals surface area (Å²) >= 11 is 0. The van der Waals surface area contributed by atoms with Gasteiger partial charge in [0.25, 0.3) is 0 Å². The van der Waals surface area contributed by atoms with Crippen LogP contribution in [-0.2, 0) is 37.5 Å².